The average Bonchev–Trinajstić information content (AvgIpc) is 2.01. The summed E-state index contributed by atoms with van der Waals surface area (Å²) in [5.41, 5.74) is 4.89. The first-order valence-corrected chi connectivity index (χ1v) is 4.51. The van der Waals surface area contributed by atoms with Crippen molar-refractivity contribution in [3.8, 4) is 0 Å². The minimum Gasteiger partial charge on any atom is -0.352 e. The normalized spacial score (nSPS) is 10.4. The summed E-state index contributed by atoms with van der Waals surface area (Å²) in [6, 6.07) is -0.463. The Morgan fingerprint density at radius 2 is 2.00 bits per heavy atom. The first kappa shape index (κ1) is 12.2. The van der Waals surface area contributed by atoms with E-state index in [0.29, 0.717) is 6.54 Å². The van der Waals surface area contributed by atoms with Crippen molar-refractivity contribution in [1.82, 2.24) is 15.5 Å². The van der Waals surface area contributed by atoms with E-state index in [1.54, 1.807) is 0 Å². The molecule has 0 aliphatic rings. The second-order valence-corrected chi connectivity index (χ2v) is 3.20. The maximum atomic E-state index is 10.3. The quantitative estimate of drug-likeness (QED) is 0.458. The summed E-state index contributed by atoms with van der Waals surface area (Å²) in [7, 11) is 4.10. The third-order valence-corrected chi connectivity index (χ3v) is 1.56. The van der Waals surface area contributed by atoms with Crippen molar-refractivity contribution in [3.63, 3.8) is 0 Å². The monoisotopic (exact) mass is 188 g/mol. The third-order valence-electron chi connectivity index (χ3n) is 1.56. The van der Waals surface area contributed by atoms with E-state index < -0.39 is 6.03 Å². The van der Waals surface area contributed by atoms with Gasteiger partial charge in [0.15, 0.2) is 0 Å². The summed E-state index contributed by atoms with van der Waals surface area (Å²) >= 11 is 0. The van der Waals surface area contributed by atoms with Crippen LogP contribution in [0.15, 0.2) is 0 Å². The van der Waals surface area contributed by atoms with E-state index in [4.69, 9.17) is 5.73 Å². The van der Waals surface area contributed by atoms with Crippen molar-refractivity contribution >= 4 is 6.03 Å². The zero-order valence-corrected chi connectivity index (χ0v) is 8.47. The van der Waals surface area contributed by atoms with Gasteiger partial charge in [-0.2, -0.15) is 0 Å². The van der Waals surface area contributed by atoms with E-state index in [9.17, 15) is 4.79 Å². The van der Waals surface area contributed by atoms with Crippen molar-refractivity contribution in [1.29, 1.82) is 0 Å². The molecule has 78 valence electrons. The van der Waals surface area contributed by atoms with Gasteiger partial charge < -0.3 is 21.3 Å². The maximum absolute atomic E-state index is 10.3. The summed E-state index contributed by atoms with van der Waals surface area (Å²) in [6.45, 7) is 3.42. The number of nitrogens with two attached hydrogens (primary N) is 1. The first-order valence-electron chi connectivity index (χ1n) is 4.51. The highest BCUT2D eigenvalue weighted by atomic mass is 16.2. The van der Waals surface area contributed by atoms with E-state index in [2.05, 4.69) is 29.6 Å². The molecule has 0 rings (SSSR count). The molecule has 0 atom stereocenters. The highest BCUT2D eigenvalue weighted by molar-refractivity contribution is 5.71. The van der Waals surface area contributed by atoms with Gasteiger partial charge in [0.1, 0.15) is 0 Å². The average molecular weight is 188 g/mol. The van der Waals surface area contributed by atoms with Crippen LogP contribution in [0.5, 0.6) is 0 Å². The summed E-state index contributed by atoms with van der Waals surface area (Å²) in [5.74, 6) is 0. The summed E-state index contributed by atoms with van der Waals surface area (Å²) in [4.78, 5) is 12.4. The van der Waals surface area contributed by atoms with Crippen molar-refractivity contribution in [3.05, 3.63) is 0 Å². The number of hydrogen-bond acceptors (Lipinski definition) is 3. The Kier molecular flexibility index (Phi) is 7.33. The topological polar surface area (TPSA) is 70.4 Å². The van der Waals surface area contributed by atoms with Crippen LogP contribution in [-0.2, 0) is 0 Å². The standard InChI is InChI=1S/C8H20N4O/c1-12(2)7-3-4-10-5-6-11-8(9)13/h10H,3-7H2,1-2H3,(H3,9,11,13). The number of nitrogens with one attached hydrogen (secondary N) is 2. The van der Waals surface area contributed by atoms with E-state index in [1.807, 2.05) is 0 Å². The molecule has 0 radical (unpaired) electrons. The molecule has 4 N–H and O–H groups in total. The largest absolute Gasteiger partial charge is 0.352 e. The molecular weight excluding hydrogens is 168 g/mol. The van der Waals surface area contributed by atoms with Gasteiger partial charge in [-0.15, -0.1) is 0 Å². The Labute approximate surface area is 79.7 Å². The highest BCUT2D eigenvalue weighted by Gasteiger charge is 1.92. The number of carbonyl (C=O) groups excluding carboxylic acids is 1. The van der Waals surface area contributed by atoms with Crippen molar-refractivity contribution in [2.45, 2.75) is 6.42 Å². The second kappa shape index (κ2) is 7.82. The maximum Gasteiger partial charge on any atom is 0.312 e. The van der Waals surface area contributed by atoms with Gasteiger partial charge >= 0.3 is 6.03 Å². The van der Waals surface area contributed by atoms with Gasteiger partial charge in [-0.25, -0.2) is 4.79 Å². The van der Waals surface area contributed by atoms with Gasteiger partial charge in [-0.1, -0.05) is 0 Å². The minimum absolute atomic E-state index is 0.463. The van der Waals surface area contributed by atoms with Crippen molar-refractivity contribution in [2.75, 3.05) is 40.3 Å². The summed E-state index contributed by atoms with van der Waals surface area (Å²) in [6.07, 6.45) is 1.11. The number of nitrogens with zero attached hydrogens (tertiary/aromatic N) is 1. The van der Waals surface area contributed by atoms with Crippen LogP contribution >= 0.6 is 0 Å². The van der Waals surface area contributed by atoms with Crippen LogP contribution in [0.4, 0.5) is 4.79 Å². The molecule has 0 aliphatic carbocycles. The molecule has 0 aromatic heterocycles. The molecule has 13 heavy (non-hydrogen) atoms. The molecule has 0 fully saturated rings. The zero-order chi connectivity index (χ0) is 10.1. The Morgan fingerprint density at radius 1 is 1.31 bits per heavy atom. The van der Waals surface area contributed by atoms with Crippen LogP contribution < -0.4 is 16.4 Å². The van der Waals surface area contributed by atoms with Crippen LogP contribution in [0.3, 0.4) is 0 Å². The number of rotatable bonds is 7. The molecule has 0 heterocycles. The molecule has 0 spiro atoms. The predicted molar refractivity (Wildman–Crippen MR) is 53.6 cm³/mol. The molecule has 2 amide bonds. The van der Waals surface area contributed by atoms with Gasteiger partial charge in [0.25, 0.3) is 0 Å². The van der Waals surface area contributed by atoms with E-state index in [0.717, 1.165) is 26.1 Å². The minimum atomic E-state index is -0.463. The molecule has 5 nitrogen and oxygen atoms in total. The van der Waals surface area contributed by atoms with Crippen LogP contribution in [0.1, 0.15) is 6.42 Å². The molecule has 0 aliphatic heterocycles. The van der Waals surface area contributed by atoms with Crippen LogP contribution in [0.25, 0.3) is 0 Å². The Balaban J connectivity index is 2.96. The molecule has 0 aromatic rings. The lowest BCUT2D eigenvalue weighted by Crippen LogP contribution is -2.35. The number of carbonyl (C=O) groups is 1. The van der Waals surface area contributed by atoms with E-state index >= 15 is 0 Å². The number of hydrogen-bond donors (Lipinski definition) is 3. The summed E-state index contributed by atoms with van der Waals surface area (Å²) < 4.78 is 0. The molecular formula is C8H20N4O. The van der Waals surface area contributed by atoms with Gasteiger partial charge in [-0.05, 0) is 33.6 Å². The molecule has 0 saturated carbocycles. The third kappa shape index (κ3) is 11.2. The lowest BCUT2D eigenvalue weighted by atomic mass is 10.4. The molecule has 0 bridgehead atoms. The van der Waals surface area contributed by atoms with Crippen molar-refractivity contribution in [2.24, 2.45) is 5.73 Å². The highest BCUT2D eigenvalue weighted by Crippen LogP contribution is 1.79. The second-order valence-electron chi connectivity index (χ2n) is 3.20. The Bertz CT molecular complexity index is 138. The van der Waals surface area contributed by atoms with Gasteiger partial charge in [0, 0.05) is 13.1 Å². The fourth-order valence-electron chi connectivity index (χ4n) is 0.919. The predicted octanol–water partition coefficient (Wildman–Crippen LogP) is -0.804. The van der Waals surface area contributed by atoms with Crippen LogP contribution in [0.2, 0.25) is 0 Å². The number of primary amides is 1. The van der Waals surface area contributed by atoms with Crippen molar-refractivity contribution < 1.29 is 4.79 Å². The molecule has 0 unspecified atom stereocenters. The van der Waals surface area contributed by atoms with Gasteiger partial charge in [-0.3, -0.25) is 0 Å². The Hall–Kier alpha value is -0.810. The number of amides is 2. The van der Waals surface area contributed by atoms with Crippen LogP contribution in [-0.4, -0.2) is 51.2 Å². The van der Waals surface area contributed by atoms with E-state index in [-0.39, 0.29) is 0 Å². The van der Waals surface area contributed by atoms with Gasteiger partial charge in [0.2, 0.25) is 0 Å². The molecule has 0 aromatic carbocycles. The smallest absolute Gasteiger partial charge is 0.312 e. The zero-order valence-electron chi connectivity index (χ0n) is 8.47. The van der Waals surface area contributed by atoms with E-state index in [1.165, 1.54) is 0 Å². The first-order chi connectivity index (χ1) is 6.13. The fourth-order valence-corrected chi connectivity index (χ4v) is 0.919. The lowest BCUT2D eigenvalue weighted by Gasteiger charge is -2.09. The number of urea groups is 1. The van der Waals surface area contributed by atoms with Gasteiger partial charge in [0.05, 0.1) is 0 Å². The fraction of sp³-hybridized carbons (Fsp3) is 0.875. The summed E-state index contributed by atoms with van der Waals surface area (Å²) in [5, 5.41) is 5.71. The SMILES string of the molecule is CN(C)CCCNCCNC(N)=O. The Morgan fingerprint density at radius 3 is 2.54 bits per heavy atom. The lowest BCUT2D eigenvalue weighted by molar-refractivity contribution is 0.249. The molecule has 0 saturated heterocycles. The van der Waals surface area contributed by atoms with Crippen LogP contribution in [0, 0.1) is 0 Å². The molecule has 5 heteroatoms.